The number of carbonyl (C=O) groups is 2. The zero-order chi connectivity index (χ0) is 22.9. The minimum absolute atomic E-state index is 0.0979. The van der Waals surface area contributed by atoms with Crippen molar-refractivity contribution in [1.82, 2.24) is 15.2 Å². The first-order valence-corrected chi connectivity index (χ1v) is 10.9. The summed E-state index contributed by atoms with van der Waals surface area (Å²) in [6.07, 6.45) is 2.45. The third-order valence-electron chi connectivity index (χ3n) is 6.48. The maximum Gasteiger partial charge on any atom is 0.254 e. The number of fused-ring (bicyclic) bond motifs is 4. The molecule has 7 heteroatoms. The number of nitrogens with one attached hydrogen (secondary N) is 1. The molecule has 2 aliphatic rings. The normalized spacial score (nSPS) is 18.6. The van der Waals surface area contributed by atoms with E-state index in [1.54, 1.807) is 25.4 Å². The third-order valence-corrected chi connectivity index (χ3v) is 6.48. The van der Waals surface area contributed by atoms with Crippen LogP contribution in [0.4, 0.5) is 0 Å². The quantitative estimate of drug-likeness (QED) is 0.655. The van der Waals surface area contributed by atoms with E-state index in [4.69, 9.17) is 9.47 Å². The van der Waals surface area contributed by atoms with E-state index < -0.39 is 12.0 Å². The Bertz CT molecular complexity index is 1210. The summed E-state index contributed by atoms with van der Waals surface area (Å²) < 4.78 is 10.9. The van der Waals surface area contributed by atoms with Crippen LogP contribution < -0.4 is 14.8 Å². The van der Waals surface area contributed by atoms with Gasteiger partial charge in [-0.2, -0.15) is 0 Å². The molecule has 0 spiro atoms. The molecule has 2 aliphatic heterocycles. The van der Waals surface area contributed by atoms with Gasteiger partial charge in [-0.15, -0.1) is 0 Å². The predicted molar refractivity (Wildman–Crippen MR) is 122 cm³/mol. The summed E-state index contributed by atoms with van der Waals surface area (Å²) in [6, 6.07) is 16.7. The lowest BCUT2D eigenvalue weighted by molar-refractivity contribution is -0.124. The van der Waals surface area contributed by atoms with Crippen molar-refractivity contribution in [2.45, 2.75) is 24.9 Å². The Morgan fingerprint density at radius 1 is 1.06 bits per heavy atom. The van der Waals surface area contributed by atoms with Crippen molar-refractivity contribution in [2.24, 2.45) is 0 Å². The number of hydrogen-bond acceptors (Lipinski definition) is 5. The van der Waals surface area contributed by atoms with Crippen LogP contribution in [0, 0.1) is 0 Å². The molecule has 0 bridgehead atoms. The summed E-state index contributed by atoms with van der Waals surface area (Å²) in [5.41, 5.74) is 4.06. The lowest BCUT2D eigenvalue weighted by Gasteiger charge is -2.45. The first-order chi connectivity index (χ1) is 16.1. The molecular formula is C26H25N3O4. The Hall–Kier alpha value is -3.87. The first-order valence-electron chi connectivity index (χ1n) is 10.9. The average molecular weight is 444 g/mol. The molecule has 2 atom stereocenters. The zero-order valence-corrected chi connectivity index (χ0v) is 18.6. The third kappa shape index (κ3) is 3.59. The minimum atomic E-state index is -0.595. The van der Waals surface area contributed by atoms with Crippen LogP contribution in [0.15, 0.2) is 60.8 Å². The molecule has 2 aromatic carbocycles. The van der Waals surface area contributed by atoms with Gasteiger partial charge in [0, 0.05) is 18.3 Å². The second kappa shape index (κ2) is 8.58. The first kappa shape index (κ1) is 21.0. The number of aromatic nitrogens is 1. The molecular weight excluding hydrogens is 418 g/mol. The number of methoxy groups -OCH3 is 2. The van der Waals surface area contributed by atoms with Gasteiger partial charge in [-0.05, 0) is 47.4 Å². The highest BCUT2D eigenvalue weighted by Gasteiger charge is 2.46. The summed E-state index contributed by atoms with van der Waals surface area (Å²) in [5.74, 6) is 0.104. The van der Waals surface area contributed by atoms with Crippen molar-refractivity contribution in [2.75, 3.05) is 20.8 Å². The summed E-state index contributed by atoms with van der Waals surface area (Å²) in [7, 11) is 3.09. The van der Waals surface area contributed by atoms with Gasteiger partial charge in [0.15, 0.2) is 11.5 Å². The second-order valence-corrected chi connectivity index (χ2v) is 8.20. The molecule has 0 saturated carbocycles. The van der Waals surface area contributed by atoms with Gasteiger partial charge in [-0.3, -0.25) is 14.6 Å². The van der Waals surface area contributed by atoms with Crippen molar-refractivity contribution in [3.05, 3.63) is 88.7 Å². The van der Waals surface area contributed by atoms with Crippen LogP contribution >= 0.6 is 0 Å². The summed E-state index contributed by atoms with van der Waals surface area (Å²) in [4.78, 5) is 33.4. The molecule has 1 N–H and O–H groups in total. The maximum absolute atomic E-state index is 13.7. The highest BCUT2D eigenvalue weighted by Crippen LogP contribution is 2.48. The lowest BCUT2D eigenvalue weighted by Crippen LogP contribution is -2.50. The van der Waals surface area contributed by atoms with E-state index in [1.165, 1.54) is 7.11 Å². The number of amides is 2. The van der Waals surface area contributed by atoms with Crippen LogP contribution in [0.2, 0.25) is 0 Å². The molecule has 168 valence electrons. The molecule has 0 aliphatic carbocycles. The zero-order valence-electron chi connectivity index (χ0n) is 18.6. The van der Waals surface area contributed by atoms with Crippen LogP contribution in [-0.2, 0) is 17.8 Å². The minimum Gasteiger partial charge on any atom is -0.493 e. The van der Waals surface area contributed by atoms with Crippen LogP contribution in [0.5, 0.6) is 11.5 Å². The lowest BCUT2D eigenvalue weighted by atomic mass is 9.75. The molecule has 5 rings (SSSR count). The van der Waals surface area contributed by atoms with Crippen LogP contribution in [0.3, 0.4) is 0 Å². The number of rotatable bonds is 5. The van der Waals surface area contributed by atoms with E-state index in [-0.39, 0.29) is 11.8 Å². The molecule has 2 amide bonds. The molecule has 0 radical (unpaired) electrons. The maximum atomic E-state index is 13.7. The average Bonchev–Trinajstić information content (AvgIpc) is 2.87. The second-order valence-electron chi connectivity index (χ2n) is 8.20. The Balaban J connectivity index is 1.62. The smallest absolute Gasteiger partial charge is 0.254 e. The summed E-state index contributed by atoms with van der Waals surface area (Å²) >= 11 is 0. The van der Waals surface area contributed by atoms with E-state index in [9.17, 15) is 9.59 Å². The molecule has 0 saturated heterocycles. The SMILES string of the molecule is COc1cc2c(cc1OC)[C@@H](C(=O)NCc1ccccn1)[C@@H]1c3ccccc3CCN1C2=O. The van der Waals surface area contributed by atoms with Gasteiger partial charge < -0.3 is 19.7 Å². The van der Waals surface area contributed by atoms with Crippen LogP contribution in [-0.4, -0.2) is 42.5 Å². The molecule has 0 unspecified atom stereocenters. The van der Waals surface area contributed by atoms with Crippen molar-refractivity contribution in [3.63, 3.8) is 0 Å². The number of ether oxygens (including phenoxy) is 2. The topological polar surface area (TPSA) is 80.8 Å². The van der Waals surface area contributed by atoms with E-state index in [0.717, 1.165) is 23.2 Å². The van der Waals surface area contributed by atoms with Gasteiger partial charge in [-0.25, -0.2) is 0 Å². The summed E-state index contributed by atoms with van der Waals surface area (Å²) in [5, 5.41) is 3.04. The number of pyridine rings is 1. The van der Waals surface area contributed by atoms with Gasteiger partial charge >= 0.3 is 0 Å². The largest absolute Gasteiger partial charge is 0.493 e. The predicted octanol–water partition coefficient (Wildman–Crippen LogP) is 3.25. The monoisotopic (exact) mass is 443 g/mol. The molecule has 0 fully saturated rings. The molecule has 3 aromatic rings. The Morgan fingerprint density at radius 3 is 2.58 bits per heavy atom. The molecule has 1 aromatic heterocycles. The van der Waals surface area contributed by atoms with E-state index in [1.807, 2.05) is 41.3 Å². The highest BCUT2D eigenvalue weighted by atomic mass is 16.5. The van der Waals surface area contributed by atoms with Gasteiger partial charge in [0.25, 0.3) is 5.91 Å². The van der Waals surface area contributed by atoms with Gasteiger partial charge in [0.2, 0.25) is 5.91 Å². The fraction of sp³-hybridized carbons (Fsp3) is 0.269. The van der Waals surface area contributed by atoms with E-state index >= 15 is 0 Å². The van der Waals surface area contributed by atoms with Gasteiger partial charge in [0.1, 0.15) is 0 Å². The van der Waals surface area contributed by atoms with Gasteiger partial charge in [0.05, 0.1) is 38.4 Å². The fourth-order valence-corrected chi connectivity index (χ4v) is 4.92. The van der Waals surface area contributed by atoms with Crippen molar-refractivity contribution in [3.8, 4) is 11.5 Å². The Kier molecular flexibility index (Phi) is 5.46. The number of hydrogen-bond donors (Lipinski definition) is 1. The van der Waals surface area contributed by atoms with Crippen LogP contribution in [0.25, 0.3) is 0 Å². The molecule has 3 heterocycles. The van der Waals surface area contributed by atoms with Crippen molar-refractivity contribution in [1.29, 1.82) is 0 Å². The molecule has 33 heavy (non-hydrogen) atoms. The summed E-state index contributed by atoms with van der Waals surface area (Å²) in [6.45, 7) is 0.861. The number of carbonyl (C=O) groups excluding carboxylic acids is 2. The van der Waals surface area contributed by atoms with Crippen LogP contribution in [0.1, 0.15) is 44.7 Å². The number of benzene rings is 2. The van der Waals surface area contributed by atoms with Crippen molar-refractivity contribution < 1.29 is 19.1 Å². The Morgan fingerprint density at radius 2 is 1.82 bits per heavy atom. The molecule has 7 nitrogen and oxygen atoms in total. The standard InChI is InChI=1S/C26H25N3O4/c1-32-21-13-19-20(14-22(21)33-2)26(31)29-12-10-16-7-3-4-9-18(16)24(29)23(19)25(30)28-15-17-8-5-6-11-27-17/h3-9,11,13-14,23-24H,10,12,15H2,1-2H3,(H,28,30)/t23-,24+/m1/s1. The van der Waals surface area contributed by atoms with E-state index in [2.05, 4.69) is 16.4 Å². The number of nitrogens with zero attached hydrogens (tertiary/aromatic N) is 2. The fourth-order valence-electron chi connectivity index (χ4n) is 4.92. The Labute approximate surface area is 192 Å². The van der Waals surface area contributed by atoms with Crippen molar-refractivity contribution >= 4 is 11.8 Å². The van der Waals surface area contributed by atoms with E-state index in [0.29, 0.717) is 35.7 Å². The highest BCUT2D eigenvalue weighted by molar-refractivity contribution is 6.02. The van der Waals surface area contributed by atoms with Gasteiger partial charge in [-0.1, -0.05) is 30.3 Å².